The number of hydrogen-bond donors (Lipinski definition) is 1. The van der Waals surface area contributed by atoms with Crippen molar-refractivity contribution in [1.82, 2.24) is 4.90 Å². The molecule has 2 N–H and O–H groups in total. The van der Waals surface area contributed by atoms with Gasteiger partial charge < -0.3 is 15.4 Å². The molecular formula is C13H20N2O. The number of rotatable bonds is 4. The van der Waals surface area contributed by atoms with Gasteiger partial charge in [-0.15, -0.1) is 0 Å². The van der Waals surface area contributed by atoms with Crippen LogP contribution in [-0.4, -0.2) is 38.2 Å². The zero-order valence-corrected chi connectivity index (χ0v) is 9.86. The normalized spacial score (nSPS) is 21.2. The van der Waals surface area contributed by atoms with Gasteiger partial charge in [-0.1, -0.05) is 12.1 Å². The third-order valence-corrected chi connectivity index (χ3v) is 3.11. The second-order valence-electron chi connectivity index (χ2n) is 4.46. The van der Waals surface area contributed by atoms with Gasteiger partial charge in [0.05, 0.1) is 0 Å². The molecule has 88 valence electrons. The van der Waals surface area contributed by atoms with Crippen LogP contribution < -0.4 is 10.5 Å². The van der Waals surface area contributed by atoms with E-state index in [-0.39, 0.29) is 0 Å². The predicted octanol–water partition coefficient (Wildman–Crippen LogP) is 1.44. The summed E-state index contributed by atoms with van der Waals surface area (Å²) in [6.07, 6.45) is 1.25. The summed E-state index contributed by atoms with van der Waals surface area (Å²) < 4.78 is 5.54. The highest BCUT2D eigenvalue weighted by Crippen LogP contribution is 2.28. The highest BCUT2D eigenvalue weighted by Gasteiger charge is 2.21. The fourth-order valence-corrected chi connectivity index (χ4v) is 2.24. The van der Waals surface area contributed by atoms with Gasteiger partial charge >= 0.3 is 0 Å². The van der Waals surface area contributed by atoms with Gasteiger partial charge in [-0.2, -0.15) is 0 Å². The van der Waals surface area contributed by atoms with Crippen LogP contribution in [0.4, 0.5) is 0 Å². The van der Waals surface area contributed by atoms with Gasteiger partial charge in [0.2, 0.25) is 0 Å². The van der Waals surface area contributed by atoms with Crippen LogP contribution in [0.15, 0.2) is 24.3 Å². The molecule has 0 aromatic heterocycles. The van der Waals surface area contributed by atoms with Crippen molar-refractivity contribution in [2.24, 2.45) is 5.73 Å². The molecule has 1 atom stereocenters. The molecule has 1 unspecified atom stereocenters. The highest BCUT2D eigenvalue weighted by atomic mass is 16.5. The Balaban J connectivity index is 2.04. The zero-order valence-electron chi connectivity index (χ0n) is 9.86. The van der Waals surface area contributed by atoms with Gasteiger partial charge in [0, 0.05) is 13.1 Å². The van der Waals surface area contributed by atoms with Gasteiger partial charge in [-0.05, 0) is 43.6 Å². The average Bonchev–Trinajstić information content (AvgIpc) is 2.74. The molecule has 0 amide bonds. The molecule has 1 aliphatic heterocycles. The maximum Gasteiger partial charge on any atom is 0.119 e. The van der Waals surface area contributed by atoms with Gasteiger partial charge in [0.1, 0.15) is 12.4 Å². The number of nitrogens with zero attached hydrogens (tertiary/aromatic N) is 1. The number of ether oxygens (including phenoxy) is 1. The van der Waals surface area contributed by atoms with E-state index in [0.29, 0.717) is 19.1 Å². The minimum atomic E-state index is 0.566. The van der Waals surface area contributed by atoms with Gasteiger partial charge in [-0.3, -0.25) is 0 Å². The van der Waals surface area contributed by atoms with Crippen molar-refractivity contribution in [3.8, 4) is 5.75 Å². The third kappa shape index (κ3) is 2.74. The summed E-state index contributed by atoms with van der Waals surface area (Å²) in [7, 11) is 2.18. The van der Waals surface area contributed by atoms with Crippen molar-refractivity contribution >= 4 is 0 Å². The lowest BCUT2D eigenvalue weighted by Gasteiger charge is -2.12. The Kier molecular flexibility index (Phi) is 3.80. The van der Waals surface area contributed by atoms with E-state index < -0.39 is 0 Å². The van der Waals surface area contributed by atoms with Crippen molar-refractivity contribution in [1.29, 1.82) is 0 Å². The SMILES string of the molecule is CN1CCC(c2cccc(OCCN)c2)C1. The van der Waals surface area contributed by atoms with Crippen LogP contribution in [0.2, 0.25) is 0 Å². The van der Waals surface area contributed by atoms with E-state index >= 15 is 0 Å². The van der Waals surface area contributed by atoms with Crippen LogP contribution in [0.3, 0.4) is 0 Å². The first-order valence-electron chi connectivity index (χ1n) is 5.91. The van der Waals surface area contributed by atoms with Crippen molar-refractivity contribution in [3.63, 3.8) is 0 Å². The summed E-state index contributed by atoms with van der Waals surface area (Å²) >= 11 is 0. The van der Waals surface area contributed by atoms with Crippen molar-refractivity contribution in [3.05, 3.63) is 29.8 Å². The van der Waals surface area contributed by atoms with E-state index in [1.54, 1.807) is 0 Å². The monoisotopic (exact) mass is 220 g/mol. The molecule has 0 saturated carbocycles. The molecule has 1 aliphatic rings. The quantitative estimate of drug-likeness (QED) is 0.834. The van der Waals surface area contributed by atoms with E-state index in [0.717, 1.165) is 12.3 Å². The largest absolute Gasteiger partial charge is 0.492 e. The molecule has 1 fully saturated rings. The fourth-order valence-electron chi connectivity index (χ4n) is 2.24. The Labute approximate surface area is 97.2 Å². The van der Waals surface area contributed by atoms with Gasteiger partial charge in [0.25, 0.3) is 0 Å². The smallest absolute Gasteiger partial charge is 0.119 e. The lowest BCUT2D eigenvalue weighted by atomic mass is 9.98. The Hall–Kier alpha value is -1.06. The van der Waals surface area contributed by atoms with Crippen LogP contribution in [0, 0.1) is 0 Å². The van der Waals surface area contributed by atoms with E-state index in [1.807, 2.05) is 6.07 Å². The van der Waals surface area contributed by atoms with Crippen LogP contribution in [0.5, 0.6) is 5.75 Å². The molecule has 3 nitrogen and oxygen atoms in total. The maximum absolute atomic E-state index is 5.54. The molecule has 0 aliphatic carbocycles. The molecule has 0 bridgehead atoms. The summed E-state index contributed by atoms with van der Waals surface area (Å²) in [5.74, 6) is 1.60. The highest BCUT2D eigenvalue weighted by molar-refractivity contribution is 5.31. The number of likely N-dealkylation sites (N-methyl/N-ethyl adjacent to an activating group) is 1. The Morgan fingerprint density at radius 2 is 2.38 bits per heavy atom. The molecule has 16 heavy (non-hydrogen) atoms. The summed E-state index contributed by atoms with van der Waals surface area (Å²) in [6, 6.07) is 8.41. The fraction of sp³-hybridized carbons (Fsp3) is 0.538. The molecule has 1 aromatic rings. The minimum Gasteiger partial charge on any atom is -0.492 e. The van der Waals surface area contributed by atoms with E-state index in [9.17, 15) is 0 Å². The van der Waals surface area contributed by atoms with E-state index in [4.69, 9.17) is 10.5 Å². The molecule has 0 radical (unpaired) electrons. The lowest BCUT2D eigenvalue weighted by Crippen LogP contribution is -2.13. The Bertz CT molecular complexity index is 340. The third-order valence-electron chi connectivity index (χ3n) is 3.11. The lowest BCUT2D eigenvalue weighted by molar-refractivity contribution is 0.327. The van der Waals surface area contributed by atoms with Crippen LogP contribution in [0.1, 0.15) is 17.9 Å². The topological polar surface area (TPSA) is 38.5 Å². The maximum atomic E-state index is 5.54. The molecular weight excluding hydrogens is 200 g/mol. The first kappa shape index (κ1) is 11.4. The second-order valence-corrected chi connectivity index (χ2v) is 4.46. The summed E-state index contributed by atoms with van der Waals surface area (Å²) in [5.41, 5.74) is 6.81. The van der Waals surface area contributed by atoms with Gasteiger partial charge in [0.15, 0.2) is 0 Å². The van der Waals surface area contributed by atoms with Crippen LogP contribution in [0.25, 0.3) is 0 Å². The molecule has 0 spiro atoms. The van der Waals surface area contributed by atoms with Crippen molar-refractivity contribution < 1.29 is 4.74 Å². The minimum absolute atomic E-state index is 0.566. The Morgan fingerprint density at radius 3 is 3.06 bits per heavy atom. The average molecular weight is 220 g/mol. The number of nitrogens with two attached hydrogens (primary N) is 1. The number of likely N-dealkylation sites (tertiary alicyclic amines) is 1. The first-order chi connectivity index (χ1) is 7.79. The summed E-state index contributed by atoms with van der Waals surface area (Å²) in [5, 5.41) is 0. The molecule has 2 rings (SSSR count). The molecule has 1 heterocycles. The van der Waals surface area contributed by atoms with Crippen LogP contribution in [-0.2, 0) is 0 Å². The Morgan fingerprint density at radius 1 is 1.50 bits per heavy atom. The summed E-state index contributed by atoms with van der Waals surface area (Å²) in [4.78, 5) is 2.37. The predicted molar refractivity (Wildman–Crippen MR) is 65.8 cm³/mol. The first-order valence-corrected chi connectivity index (χ1v) is 5.91. The molecule has 1 saturated heterocycles. The second kappa shape index (κ2) is 5.32. The molecule has 3 heteroatoms. The summed E-state index contributed by atoms with van der Waals surface area (Å²) in [6.45, 7) is 3.50. The van der Waals surface area contributed by atoms with E-state index in [1.165, 1.54) is 18.5 Å². The standard InChI is InChI=1S/C13H20N2O/c1-15-7-5-12(10-15)11-3-2-4-13(9-11)16-8-6-14/h2-4,9,12H,5-8,10,14H2,1H3. The number of benzene rings is 1. The van der Waals surface area contributed by atoms with Crippen molar-refractivity contribution in [2.45, 2.75) is 12.3 Å². The van der Waals surface area contributed by atoms with Crippen molar-refractivity contribution in [2.75, 3.05) is 33.3 Å². The van der Waals surface area contributed by atoms with Gasteiger partial charge in [-0.25, -0.2) is 0 Å². The number of hydrogen-bond acceptors (Lipinski definition) is 3. The van der Waals surface area contributed by atoms with E-state index in [2.05, 4.69) is 30.1 Å². The zero-order chi connectivity index (χ0) is 11.4. The molecule has 1 aromatic carbocycles. The van der Waals surface area contributed by atoms with Crippen LogP contribution >= 0.6 is 0 Å².